The van der Waals surface area contributed by atoms with Crippen molar-refractivity contribution in [1.82, 2.24) is 14.9 Å². The Bertz CT molecular complexity index is 425. The molecule has 0 amide bonds. The van der Waals surface area contributed by atoms with Gasteiger partial charge in [0.15, 0.2) is 0 Å². The zero-order valence-electron chi connectivity index (χ0n) is 11.2. The number of hydrogen-bond acceptors (Lipinski definition) is 5. The van der Waals surface area contributed by atoms with Gasteiger partial charge in [0.1, 0.15) is 0 Å². The zero-order chi connectivity index (χ0) is 13.1. The fourth-order valence-electron chi connectivity index (χ4n) is 2.86. The van der Waals surface area contributed by atoms with E-state index in [1.165, 1.54) is 0 Å². The van der Waals surface area contributed by atoms with Crippen molar-refractivity contribution in [2.24, 2.45) is 11.7 Å². The molecule has 19 heavy (non-hydrogen) atoms. The molecule has 2 heterocycles. The molecule has 2 aliphatic rings. The lowest BCUT2D eigenvalue weighted by molar-refractivity contribution is 0.231. The molecule has 2 N–H and O–H groups in total. The van der Waals surface area contributed by atoms with Crippen LogP contribution in [0.4, 0.5) is 5.95 Å². The summed E-state index contributed by atoms with van der Waals surface area (Å²) in [6.07, 6.45) is 9.12. The van der Waals surface area contributed by atoms with Gasteiger partial charge in [0, 0.05) is 51.2 Å². The largest absolute Gasteiger partial charge is 0.338 e. The van der Waals surface area contributed by atoms with Gasteiger partial charge in [-0.3, -0.25) is 4.90 Å². The van der Waals surface area contributed by atoms with Crippen LogP contribution in [0.25, 0.3) is 0 Å². The molecule has 0 spiro atoms. The van der Waals surface area contributed by atoms with Gasteiger partial charge in [-0.05, 0) is 18.4 Å². The number of piperazine rings is 1. The standard InChI is InChI=1S/C14H21N5/c15-13-3-2-12(10-13)11-18-6-8-19(9-7-18)14-16-4-1-5-17-14/h1-5,12-13H,6-11,15H2. The van der Waals surface area contributed by atoms with E-state index in [0.29, 0.717) is 5.92 Å². The van der Waals surface area contributed by atoms with Gasteiger partial charge in [-0.15, -0.1) is 0 Å². The Kier molecular flexibility index (Phi) is 3.75. The maximum absolute atomic E-state index is 5.90. The highest BCUT2D eigenvalue weighted by molar-refractivity contribution is 5.29. The first-order valence-corrected chi connectivity index (χ1v) is 6.99. The summed E-state index contributed by atoms with van der Waals surface area (Å²) < 4.78 is 0. The Morgan fingerprint density at radius 2 is 1.84 bits per heavy atom. The molecule has 2 atom stereocenters. The molecule has 1 aliphatic heterocycles. The number of nitrogens with zero attached hydrogens (tertiary/aromatic N) is 4. The highest BCUT2D eigenvalue weighted by atomic mass is 15.3. The van der Waals surface area contributed by atoms with Crippen LogP contribution >= 0.6 is 0 Å². The number of rotatable bonds is 3. The monoisotopic (exact) mass is 259 g/mol. The summed E-state index contributed by atoms with van der Waals surface area (Å²) in [5.41, 5.74) is 5.90. The lowest BCUT2D eigenvalue weighted by Crippen LogP contribution is -2.48. The summed E-state index contributed by atoms with van der Waals surface area (Å²) in [6.45, 7) is 5.31. The molecule has 5 heteroatoms. The fraction of sp³-hybridized carbons (Fsp3) is 0.571. The second kappa shape index (κ2) is 5.67. The number of nitrogens with two attached hydrogens (primary N) is 1. The highest BCUT2D eigenvalue weighted by Gasteiger charge is 2.23. The van der Waals surface area contributed by atoms with Crippen molar-refractivity contribution in [2.45, 2.75) is 12.5 Å². The van der Waals surface area contributed by atoms with Crippen LogP contribution in [0.5, 0.6) is 0 Å². The number of anilines is 1. The molecule has 0 bridgehead atoms. The summed E-state index contributed by atoms with van der Waals surface area (Å²) in [5.74, 6) is 1.49. The second-order valence-electron chi connectivity index (χ2n) is 5.38. The lowest BCUT2D eigenvalue weighted by atomic mass is 10.1. The Balaban J connectivity index is 1.49. The van der Waals surface area contributed by atoms with Gasteiger partial charge in [0.2, 0.25) is 5.95 Å². The Labute approximate surface area is 114 Å². The van der Waals surface area contributed by atoms with Gasteiger partial charge in [-0.25, -0.2) is 9.97 Å². The van der Waals surface area contributed by atoms with Gasteiger partial charge in [-0.1, -0.05) is 12.2 Å². The molecule has 3 rings (SSSR count). The molecule has 1 aromatic rings. The summed E-state index contributed by atoms with van der Waals surface area (Å²) >= 11 is 0. The first-order chi connectivity index (χ1) is 9.31. The first kappa shape index (κ1) is 12.6. The summed E-state index contributed by atoms with van der Waals surface area (Å²) in [7, 11) is 0. The topological polar surface area (TPSA) is 58.3 Å². The molecule has 2 unspecified atom stereocenters. The third-order valence-corrected chi connectivity index (χ3v) is 3.91. The quantitative estimate of drug-likeness (QED) is 0.801. The molecule has 1 aliphatic carbocycles. The van der Waals surface area contributed by atoms with Crippen LogP contribution in [0.1, 0.15) is 6.42 Å². The Morgan fingerprint density at radius 1 is 1.11 bits per heavy atom. The average Bonchev–Trinajstić information content (AvgIpc) is 2.86. The van der Waals surface area contributed by atoms with Crippen LogP contribution < -0.4 is 10.6 Å². The molecule has 102 valence electrons. The van der Waals surface area contributed by atoms with E-state index in [1.54, 1.807) is 12.4 Å². The van der Waals surface area contributed by atoms with Gasteiger partial charge >= 0.3 is 0 Å². The molecular weight excluding hydrogens is 238 g/mol. The summed E-state index contributed by atoms with van der Waals surface area (Å²) in [6, 6.07) is 2.12. The SMILES string of the molecule is NC1C=CC(CN2CCN(c3ncccn3)CC2)C1. The fourth-order valence-corrected chi connectivity index (χ4v) is 2.86. The molecule has 5 nitrogen and oxygen atoms in total. The normalized spacial score (nSPS) is 27.9. The lowest BCUT2D eigenvalue weighted by Gasteiger charge is -2.35. The average molecular weight is 259 g/mol. The predicted molar refractivity (Wildman–Crippen MR) is 75.9 cm³/mol. The summed E-state index contributed by atoms with van der Waals surface area (Å²) in [4.78, 5) is 13.4. The number of hydrogen-bond donors (Lipinski definition) is 1. The van der Waals surface area contributed by atoms with E-state index in [9.17, 15) is 0 Å². The van der Waals surface area contributed by atoms with Crippen LogP contribution in [-0.4, -0.2) is 53.6 Å². The molecular formula is C14H21N5. The van der Waals surface area contributed by atoms with Crippen LogP contribution in [0.15, 0.2) is 30.6 Å². The van der Waals surface area contributed by atoms with Gasteiger partial charge < -0.3 is 10.6 Å². The second-order valence-corrected chi connectivity index (χ2v) is 5.38. The minimum Gasteiger partial charge on any atom is -0.338 e. The molecule has 1 aromatic heterocycles. The Morgan fingerprint density at radius 3 is 2.47 bits per heavy atom. The third-order valence-electron chi connectivity index (χ3n) is 3.91. The molecule has 0 radical (unpaired) electrons. The van der Waals surface area contributed by atoms with Crippen molar-refractivity contribution < 1.29 is 0 Å². The van der Waals surface area contributed by atoms with Crippen molar-refractivity contribution in [1.29, 1.82) is 0 Å². The van der Waals surface area contributed by atoms with E-state index < -0.39 is 0 Å². The van der Waals surface area contributed by atoms with Crippen LogP contribution in [0.3, 0.4) is 0 Å². The summed E-state index contributed by atoms with van der Waals surface area (Å²) in [5, 5.41) is 0. The van der Waals surface area contributed by atoms with Crippen molar-refractivity contribution in [2.75, 3.05) is 37.6 Å². The highest BCUT2D eigenvalue weighted by Crippen LogP contribution is 2.19. The van der Waals surface area contributed by atoms with Crippen molar-refractivity contribution >= 4 is 5.95 Å². The van der Waals surface area contributed by atoms with Gasteiger partial charge in [0.25, 0.3) is 0 Å². The van der Waals surface area contributed by atoms with Crippen LogP contribution in [0, 0.1) is 5.92 Å². The van der Waals surface area contributed by atoms with Crippen molar-refractivity contribution in [3.63, 3.8) is 0 Å². The van der Waals surface area contributed by atoms with Gasteiger partial charge in [0.05, 0.1) is 0 Å². The molecule has 1 fully saturated rings. The third kappa shape index (κ3) is 3.11. The molecule has 1 saturated heterocycles. The van der Waals surface area contributed by atoms with E-state index in [2.05, 4.69) is 31.9 Å². The smallest absolute Gasteiger partial charge is 0.225 e. The van der Waals surface area contributed by atoms with E-state index >= 15 is 0 Å². The van der Waals surface area contributed by atoms with Crippen molar-refractivity contribution in [3.8, 4) is 0 Å². The molecule has 0 saturated carbocycles. The minimum atomic E-state index is 0.268. The molecule has 0 aromatic carbocycles. The predicted octanol–water partition coefficient (Wildman–Crippen LogP) is 0.502. The van der Waals surface area contributed by atoms with E-state index in [4.69, 9.17) is 5.73 Å². The maximum Gasteiger partial charge on any atom is 0.225 e. The first-order valence-electron chi connectivity index (χ1n) is 6.99. The van der Waals surface area contributed by atoms with E-state index in [-0.39, 0.29) is 6.04 Å². The Hall–Kier alpha value is -1.46. The van der Waals surface area contributed by atoms with Gasteiger partial charge in [-0.2, -0.15) is 0 Å². The van der Waals surface area contributed by atoms with Crippen LogP contribution in [0.2, 0.25) is 0 Å². The van der Waals surface area contributed by atoms with Crippen molar-refractivity contribution in [3.05, 3.63) is 30.6 Å². The van der Waals surface area contributed by atoms with E-state index in [0.717, 1.165) is 45.1 Å². The van der Waals surface area contributed by atoms with E-state index in [1.807, 2.05) is 6.07 Å². The maximum atomic E-state index is 5.90. The zero-order valence-corrected chi connectivity index (χ0v) is 11.2. The number of aromatic nitrogens is 2. The van der Waals surface area contributed by atoms with Crippen LogP contribution in [-0.2, 0) is 0 Å². The minimum absolute atomic E-state index is 0.268.